The molecule has 2 amide bonds. The molecule has 0 unspecified atom stereocenters. The highest BCUT2D eigenvalue weighted by Gasteiger charge is 2.21. The van der Waals surface area contributed by atoms with Crippen molar-refractivity contribution in [3.05, 3.63) is 16.0 Å². The first-order chi connectivity index (χ1) is 8.88. The average Bonchev–Trinajstić information content (AvgIpc) is 2.61. The molecule has 0 aromatic carbocycles. The smallest absolute Gasteiger partial charge is 0.338 e. The van der Waals surface area contributed by atoms with Crippen LogP contribution in [0.15, 0.2) is 0 Å². The number of aromatic carboxylic acids is 1. The number of urea groups is 1. The fraction of sp³-hybridized carbons (Fsp3) is 0.417. The molecule has 102 valence electrons. The second-order valence-corrected chi connectivity index (χ2v) is 5.28. The number of rotatable bonds is 4. The zero-order valence-corrected chi connectivity index (χ0v) is 11.8. The Bertz CT molecular complexity index is 545. The van der Waals surface area contributed by atoms with Gasteiger partial charge in [0.2, 0.25) is 0 Å². The molecule has 1 heterocycles. The van der Waals surface area contributed by atoms with E-state index in [-0.39, 0.29) is 12.0 Å². The molecule has 1 aromatic heterocycles. The van der Waals surface area contributed by atoms with E-state index in [9.17, 15) is 9.59 Å². The number of hydrogen-bond donors (Lipinski definition) is 2. The van der Waals surface area contributed by atoms with E-state index in [0.717, 1.165) is 4.88 Å². The highest BCUT2D eigenvalue weighted by molar-refractivity contribution is 7.16. The van der Waals surface area contributed by atoms with E-state index in [1.54, 1.807) is 14.0 Å². The number of carboxylic acids is 1. The van der Waals surface area contributed by atoms with Crippen LogP contribution in [0.2, 0.25) is 0 Å². The average molecular weight is 281 g/mol. The molecule has 0 radical (unpaired) electrons. The van der Waals surface area contributed by atoms with E-state index in [4.69, 9.17) is 10.4 Å². The molecular formula is C12H15N3O3S. The first-order valence-electron chi connectivity index (χ1n) is 5.60. The van der Waals surface area contributed by atoms with Gasteiger partial charge in [-0.25, -0.2) is 9.59 Å². The zero-order chi connectivity index (χ0) is 14.6. The van der Waals surface area contributed by atoms with Gasteiger partial charge >= 0.3 is 12.0 Å². The van der Waals surface area contributed by atoms with Crippen LogP contribution in [-0.4, -0.2) is 35.6 Å². The summed E-state index contributed by atoms with van der Waals surface area (Å²) >= 11 is 1.23. The van der Waals surface area contributed by atoms with Crippen LogP contribution in [0.4, 0.5) is 9.80 Å². The molecule has 6 nitrogen and oxygen atoms in total. The molecule has 0 atom stereocenters. The molecular weight excluding hydrogens is 266 g/mol. The fourth-order valence-corrected chi connectivity index (χ4v) is 2.53. The summed E-state index contributed by atoms with van der Waals surface area (Å²) in [5.74, 6) is -1.06. The Morgan fingerprint density at radius 1 is 1.47 bits per heavy atom. The van der Waals surface area contributed by atoms with Gasteiger partial charge in [0.1, 0.15) is 5.00 Å². The number of aryl methyl sites for hydroxylation is 1. The summed E-state index contributed by atoms with van der Waals surface area (Å²) < 4.78 is 0. The maximum atomic E-state index is 11.8. The standard InChI is InChI=1S/C12H15N3O3S/c1-7-8(2)19-10(9(7)11(16)17)14-12(18)15(3)6-4-5-13/h4,6H2,1-3H3,(H,14,18)(H,16,17). The lowest BCUT2D eigenvalue weighted by molar-refractivity contribution is 0.0697. The molecule has 0 aliphatic rings. The molecule has 0 spiro atoms. The third-order valence-electron chi connectivity index (χ3n) is 2.73. The molecule has 1 rings (SSSR count). The first kappa shape index (κ1) is 15.0. The molecule has 0 aliphatic heterocycles. The minimum absolute atomic E-state index is 0.129. The summed E-state index contributed by atoms with van der Waals surface area (Å²) in [5.41, 5.74) is 0.789. The van der Waals surface area contributed by atoms with Crippen LogP contribution in [0.3, 0.4) is 0 Å². The van der Waals surface area contributed by atoms with Gasteiger partial charge in [0.05, 0.1) is 18.1 Å². The number of nitrogens with one attached hydrogen (secondary N) is 1. The summed E-state index contributed by atoms with van der Waals surface area (Å²) in [5, 5.41) is 20.5. The number of amides is 2. The van der Waals surface area contributed by atoms with Crippen molar-refractivity contribution >= 4 is 28.3 Å². The van der Waals surface area contributed by atoms with Crippen molar-refractivity contribution in [3.63, 3.8) is 0 Å². The lowest BCUT2D eigenvalue weighted by Crippen LogP contribution is -2.32. The molecule has 0 saturated heterocycles. The normalized spacial score (nSPS) is 9.79. The predicted octanol–water partition coefficient (Wildman–Crippen LogP) is 2.44. The highest BCUT2D eigenvalue weighted by Crippen LogP contribution is 2.32. The van der Waals surface area contributed by atoms with Crippen LogP contribution in [0, 0.1) is 25.2 Å². The minimum atomic E-state index is -1.06. The van der Waals surface area contributed by atoms with E-state index >= 15 is 0 Å². The Morgan fingerprint density at radius 3 is 2.63 bits per heavy atom. The van der Waals surface area contributed by atoms with Crippen molar-refractivity contribution < 1.29 is 14.7 Å². The van der Waals surface area contributed by atoms with Gasteiger partial charge in [-0.3, -0.25) is 5.32 Å². The summed E-state index contributed by atoms with van der Waals surface area (Å²) in [6, 6.07) is 1.53. The van der Waals surface area contributed by atoms with Gasteiger partial charge in [0, 0.05) is 18.5 Å². The molecule has 1 aromatic rings. The summed E-state index contributed by atoms with van der Waals surface area (Å²) in [6.45, 7) is 3.82. The van der Waals surface area contributed by atoms with Crippen LogP contribution < -0.4 is 5.32 Å². The van der Waals surface area contributed by atoms with Crippen molar-refractivity contribution in [2.45, 2.75) is 20.3 Å². The number of nitriles is 1. The predicted molar refractivity (Wildman–Crippen MR) is 72.6 cm³/mol. The van der Waals surface area contributed by atoms with Crippen LogP contribution in [0.25, 0.3) is 0 Å². The van der Waals surface area contributed by atoms with Crippen molar-refractivity contribution in [2.24, 2.45) is 0 Å². The van der Waals surface area contributed by atoms with Gasteiger partial charge in [0.15, 0.2) is 0 Å². The second kappa shape index (κ2) is 6.20. The van der Waals surface area contributed by atoms with Gasteiger partial charge in [-0.2, -0.15) is 5.26 Å². The largest absolute Gasteiger partial charge is 0.478 e. The number of thiophene rings is 1. The van der Waals surface area contributed by atoms with Gasteiger partial charge in [-0.15, -0.1) is 11.3 Å². The Balaban J connectivity index is 2.89. The first-order valence-corrected chi connectivity index (χ1v) is 6.42. The van der Waals surface area contributed by atoms with E-state index < -0.39 is 12.0 Å². The third-order valence-corrected chi connectivity index (χ3v) is 3.85. The molecule has 0 saturated carbocycles. The molecule has 19 heavy (non-hydrogen) atoms. The Kier molecular flexibility index (Phi) is 4.89. The van der Waals surface area contributed by atoms with Crippen LogP contribution in [-0.2, 0) is 0 Å². The van der Waals surface area contributed by atoms with Crippen molar-refractivity contribution in [2.75, 3.05) is 18.9 Å². The Morgan fingerprint density at radius 2 is 2.11 bits per heavy atom. The Labute approximate surface area is 115 Å². The quantitative estimate of drug-likeness (QED) is 0.886. The van der Waals surface area contributed by atoms with Gasteiger partial charge < -0.3 is 10.0 Å². The summed E-state index contributed by atoms with van der Waals surface area (Å²) in [6.07, 6.45) is 0.234. The highest BCUT2D eigenvalue weighted by atomic mass is 32.1. The maximum absolute atomic E-state index is 11.8. The zero-order valence-electron chi connectivity index (χ0n) is 11.0. The van der Waals surface area contributed by atoms with E-state index in [2.05, 4.69) is 5.32 Å². The molecule has 2 N–H and O–H groups in total. The van der Waals surface area contributed by atoms with Crippen molar-refractivity contribution in [1.82, 2.24) is 4.90 Å². The maximum Gasteiger partial charge on any atom is 0.338 e. The fourth-order valence-electron chi connectivity index (χ4n) is 1.48. The topological polar surface area (TPSA) is 93.4 Å². The van der Waals surface area contributed by atoms with Gasteiger partial charge in [-0.1, -0.05) is 0 Å². The third kappa shape index (κ3) is 3.45. The second-order valence-electron chi connectivity index (χ2n) is 4.05. The monoisotopic (exact) mass is 281 g/mol. The number of hydrogen-bond acceptors (Lipinski definition) is 4. The number of carboxylic acid groups (broad SMARTS) is 1. The van der Waals surface area contributed by atoms with Crippen LogP contribution in [0.1, 0.15) is 27.2 Å². The number of carbonyl (C=O) groups excluding carboxylic acids is 1. The summed E-state index contributed by atoms with van der Waals surface area (Å²) in [4.78, 5) is 25.2. The van der Waals surface area contributed by atoms with Crippen LogP contribution in [0.5, 0.6) is 0 Å². The van der Waals surface area contributed by atoms with E-state index in [1.807, 2.05) is 13.0 Å². The molecule has 0 aliphatic carbocycles. The molecule has 7 heteroatoms. The molecule has 0 bridgehead atoms. The molecule has 0 fully saturated rings. The minimum Gasteiger partial charge on any atom is -0.478 e. The number of anilines is 1. The number of carbonyl (C=O) groups is 2. The Hall–Kier alpha value is -2.07. The van der Waals surface area contributed by atoms with Gasteiger partial charge in [-0.05, 0) is 19.4 Å². The van der Waals surface area contributed by atoms with E-state index in [1.165, 1.54) is 16.2 Å². The van der Waals surface area contributed by atoms with Crippen molar-refractivity contribution in [1.29, 1.82) is 5.26 Å². The lowest BCUT2D eigenvalue weighted by Gasteiger charge is -2.15. The lowest BCUT2D eigenvalue weighted by atomic mass is 10.1. The SMILES string of the molecule is Cc1sc(NC(=O)N(C)CCC#N)c(C(=O)O)c1C. The number of nitrogens with zero attached hydrogens (tertiary/aromatic N) is 2. The summed E-state index contributed by atoms with van der Waals surface area (Å²) in [7, 11) is 1.56. The van der Waals surface area contributed by atoms with E-state index in [0.29, 0.717) is 17.1 Å². The van der Waals surface area contributed by atoms with Crippen molar-refractivity contribution in [3.8, 4) is 6.07 Å². The van der Waals surface area contributed by atoms with Crippen LogP contribution >= 0.6 is 11.3 Å². The van der Waals surface area contributed by atoms with Gasteiger partial charge in [0.25, 0.3) is 0 Å².